The lowest BCUT2D eigenvalue weighted by Gasteiger charge is -2.14. The Morgan fingerprint density at radius 1 is 1.26 bits per heavy atom. The van der Waals surface area contributed by atoms with Crippen molar-refractivity contribution in [2.75, 3.05) is 0 Å². The van der Waals surface area contributed by atoms with Gasteiger partial charge in [-0.25, -0.2) is 5.43 Å². The molecule has 5 heteroatoms. The summed E-state index contributed by atoms with van der Waals surface area (Å²) < 4.78 is 1.76. The Bertz CT molecular complexity index is 704. The van der Waals surface area contributed by atoms with E-state index in [1.807, 2.05) is 49.6 Å². The summed E-state index contributed by atoms with van der Waals surface area (Å²) in [6.45, 7) is 0. The minimum absolute atomic E-state index is 0.132. The monoisotopic (exact) mass is 253 g/mol. The van der Waals surface area contributed by atoms with Crippen LogP contribution in [0.4, 0.5) is 0 Å². The molecule has 0 aliphatic rings. The molecule has 0 aliphatic heterocycles. The third kappa shape index (κ3) is 2.21. The first-order valence-electron chi connectivity index (χ1n) is 6.08. The number of nitrogens with zero attached hydrogens (tertiary/aromatic N) is 3. The Morgan fingerprint density at radius 3 is 2.89 bits per heavy atom. The van der Waals surface area contributed by atoms with E-state index in [0.29, 0.717) is 0 Å². The van der Waals surface area contributed by atoms with E-state index >= 15 is 0 Å². The number of hydrogen-bond donors (Lipinski definition) is 2. The number of nitrogens with two attached hydrogens (primary N) is 1. The summed E-state index contributed by atoms with van der Waals surface area (Å²) >= 11 is 0. The molecule has 0 amide bonds. The molecule has 1 atom stereocenters. The van der Waals surface area contributed by atoms with E-state index in [9.17, 15) is 0 Å². The maximum absolute atomic E-state index is 5.67. The van der Waals surface area contributed by atoms with Crippen LogP contribution in [0.3, 0.4) is 0 Å². The molecule has 0 radical (unpaired) electrons. The van der Waals surface area contributed by atoms with Crippen molar-refractivity contribution >= 4 is 10.9 Å². The predicted octanol–water partition coefficient (Wildman–Crippen LogP) is 1.52. The number of nitrogens with one attached hydrogen (secondary N) is 1. The molecule has 0 bridgehead atoms. The molecular weight excluding hydrogens is 238 g/mol. The Kier molecular flexibility index (Phi) is 2.98. The molecule has 5 nitrogen and oxygen atoms in total. The number of fused-ring (bicyclic) bond motifs is 1. The summed E-state index contributed by atoms with van der Waals surface area (Å²) in [5, 5.41) is 5.51. The van der Waals surface area contributed by atoms with Gasteiger partial charge in [0, 0.05) is 24.8 Å². The maximum Gasteiger partial charge on any atom is 0.0900 e. The molecule has 0 saturated heterocycles. The summed E-state index contributed by atoms with van der Waals surface area (Å²) in [5.74, 6) is 5.67. The highest BCUT2D eigenvalue weighted by molar-refractivity contribution is 5.79. The molecule has 0 aliphatic carbocycles. The number of aryl methyl sites for hydroxylation is 1. The Balaban J connectivity index is 2.06. The smallest absolute Gasteiger partial charge is 0.0900 e. The number of aromatic nitrogens is 3. The van der Waals surface area contributed by atoms with Crippen molar-refractivity contribution in [1.29, 1.82) is 0 Å². The van der Waals surface area contributed by atoms with Gasteiger partial charge in [-0.1, -0.05) is 18.2 Å². The minimum Gasteiger partial charge on any atom is -0.275 e. The highest BCUT2D eigenvalue weighted by atomic mass is 15.3. The van der Waals surface area contributed by atoms with Gasteiger partial charge in [0.25, 0.3) is 0 Å². The molecule has 3 aromatic rings. The SMILES string of the molecule is Cn1ccc(C(NN)c2ccc3cccnc3c2)n1. The molecule has 19 heavy (non-hydrogen) atoms. The lowest BCUT2D eigenvalue weighted by atomic mass is 10.0. The van der Waals surface area contributed by atoms with E-state index in [0.717, 1.165) is 22.2 Å². The van der Waals surface area contributed by atoms with Crippen LogP contribution in [0, 0.1) is 0 Å². The van der Waals surface area contributed by atoms with Gasteiger partial charge in [0.15, 0.2) is 0 Å². The van der Waals surface area contributed by atoms with Crippen LogP contribution in [0.1, 0.15) is 17.3 Å². The summed E-state index contributed by atoms with van der Waals surface area (Å²) in [5.41, 5.74) is 5.70. The number of pyridine rings is 1. The van der Waals surface area contributed by atoms with Crippen molar-refractivity contribution in [3.8, 4) is 0 Å². The van der Waals surface area contributed by atoms with Gasteiger partial charge < -0.3 is 0 Å². The molecule has 0 fully saturated rings. The predicted molar refractivity (Wildman–Crippen MR) is 74.1 cm³/mol. The van der Waals surface area contributed by atoms with Crippen LogP contribution in [0.25, 0.3) is 10.9 Å². The Morgan fingerprint density at radius 2 is 2.16 bits per heavy atom. The molecular formula is C14H15N5. The lowest BCUT2D eigenvalue weighted by molar-refractivity contribution is 0.604. The van der Waals surface area contributed by atoms with Gasteiger partial charge in [0.2, 0.25) is 0 Å². The topological polar surface area (TPSA) is 68.8 Å². The number of benzene rings is 1. The van der Waals surface area contributed by atoms with Crippen molar-refractivity contribution in [2.24, 2.45) is 12.9 Å². The summed E-state index contributed by atoms with van der Waals surface area (Å²) in [7, 11) is 1.89. The van der Waals surface area contributed by atoms with Gasteiger partial charge in [-0.2, -0.15) is 5.10 Å². The summed E-state index contributed by atoms with van der Waals surface area (Å²) in [6.07, 6.45) is 3.69. The van der Waals surface area contributed by atoms with Gasteiger partial charge in [-0.3, -0.25) is 15.5 Å². The second-order valence-electron chi connectivity index (χ2n) is 4.47. The van der Waals surface area contributed by atoms with Crippen LogP contribution >= 0.6 is 0 Å². The van der Waals surface area contributed by atoms with Gasteiger partial charge in [-0.15, -0.1) is 0 Å². The highest BCUT2D eigenvalue weighted by Gasteiger charge is 2.15. The fourth-order valence-electron chi connectivity index (χ4n) is 2.20. The zero-order valence-corrected chi connectivity index (χ0v) is 10.6. The van der Waals surface area contributed by atoms with Crippen LogP contribution in [0.5, 0.6) is 0 Å². The lowest BCUT2D eigenvalue weighted by Crippen LogP contribution is -2.29. The van der Waals surface area contributed by atoms with Gasteiger partial charge >= 0.3 is 0 Å². The molecule has 3 N–H and O–H groups in total. The van der Waals surface area contributed by atoms with Crippen molar-refractivity contribution in [1.82, 2.24) is 20.2 Å². The zero-order valence-electron chi connectivity index (χ0n) is 10.6. The average Bonchev–Trinajstić information content (AvgIpc) is 2.86. The second-order valence-corrected chi connectivity index (χ2v) is 4.47. The maximum atomic E-state index is 5.67. The van der Waals surface area contributed by atoms with Crippen LogP contribution in [0.15, 0.2) is 48.8 Å². The van der Waals surface area contributed by atoms with Crippen molar-refractivity contribution in [3.05, 3.63) is 60.0 Å². The van der Waals surface area contributed by atoms with Crippen LogP contribution in [0.2, 0.25) is 0 Å². The fourth-order valence-corrected chi connectivity index (χ4v) is 2.20. The quantitative estimate of drug-likeness (QED) is 0.548. The molecule has 0 saturated carbocycles. The standard InChI is InChI=1S/C14H15N5/c1-19-8-6-12(18-19)14(17-15)11-5-4-10-3-2-7-16-13(10)9-11/h2-9,14,17H,15H2,1H3. The first-order valence-corrected chi connectivity index (χ1v) is 6.08. The highest BCUT2D eigenvalue weighted by Crippen LogP contribution is 2.22. The number of hydrazine groups is 1. The zero-order chi connectivity index (χ0) is 13.2. The van der Waals surface area contributed by atoms with E-state index in [-0.39, 0.29) is 6.04 Å². The van der Waals surface area contributed by atoms with Crippen molar-refractivity contribution < 1.29 is 0 Å². The molecule has 0 spiro atoms. The van der Waals surface area contributed by atoms with E-state index in [4.69, 9.17) is 5.84 Å². The fraction of sp³-hybridized carbons (Fsp3) is 0.143. The largest absolute Gasteiger partial charge is 0.275 e. The van der Waals surface area contributed by atoms with Crippen LogP contribution in [-0.2, 0) is 7.05 Å². The minimum atomic E-state index is -0.132. The van der Waals surface area contributed by atoms with Crippen LogP contribution < -0.4 is 11.3 Å². The van der Waals surface area contributed by atoms with E-state index in [2.05, 4.69) is 15.5 Å². The second kappa shape index (κ2) is 4.79. The van der Waals surface area contributed by atoms with E-state index in [1.165, 1.54) is 0 Å². The molecule has 1 unspecified atom stereocenters. The average molecular weight is 253 g/mol. The first kappa shape index (κ1) is 11.8. The van der Waals surface area contributed by atoms with Crippen LogP contribution in [-0.4, -0.2) is 14.8 Å². The summed E-state index contributed by atoms with van der Waals surface area (Å²) in [6, 6.07) is 11.9. The van der Waals surface area contributed by atoms with Crippen molar-refractivity contribution in [3.63, 3.8) is 0 Å². The van der Waals surface area contributed by atoms with E-state index in [1.54, 1.807) is 10.9 Å². The molecule has 96 valence electrons. The van der Waals surface area contributed by atoms with Gasteiger partial charge in [-0.05, 0) is 23.8 Å². The normalized spacial score (nSPS) is 12.7. The third-order valence-electron chi connectivity index (χ3n) is 3.16. The van der Waals surface area contributed by atoms with Crippen molar-refractivity contribution in [2.45, 2.75) is 6.04 Å². The number of hydrogen-bond acceptors (Lipinski definition) is 4. The third-order valence-corrected chi connectivity index (χ3v) is 3.16. The van der Waals surface area contributed by atoms with Gasteiger partial charge in [0.1, 0.15) is 0 Å². The van der Waals surface area contributed by atoms with E-state index < -0.39 is 0 Å². The Labute approximate surface area is 111 Å². The Hall–Kier alpha value is -2.24. The molecule has 2 heterocycles. The molecule has 3 rings (SSSR count). The molecule has 2 aromatic heterocycles. The molecule has 1 aromatic carbocycles. The summed E-state index contributed by atoms with van der Waals surface area (Å²) in [4.78, 5) is 4.36. The number of rotatable bonds is 3. The first-order chi connectivity index (χ1) is 9.28. The van der Waals surface area contributed by atoms with Gasteiger partial charge in [0.05, 0.1) is 17.3 Å².